The van der Waals surface area contributed by atoms with Gasteiger partial charge in [0.15, 0.2) is 0 Å². The van der Waals surface area contributed by atoms with Crippen molar-refractivity contribution < 1.29 is 18.3 Å². The lowest BCUT2D eigenvalue weighted by Gasteiger charge is -2.11. The van der Waals surface area contributed by atoms with E-state index in [2.05, 4.69) is 42.6 Å². The summed E-state index contributed by atoms with van der Waals surface area (Å²) < 4.78 is 29.7. The molecular formula is C13H8BrClF2N2O2. The Kier molecular flexibility index (Phi) is 4.74. The first-order chi connectivity index (χ1) is 9.83. The maximum absolute atomic E-state index is 12.4. The number of aromatic nitrogens is 1. The van der Waals surface area contributed by atoms with E-state index >= 15 is 0 Å². The zero-order chi connectivity index (χ0) is 15.5. The Labute approximate surface area is 132 Å². The van der Waals surface area contributed by atoms with Crippen LogP contribution < -0.4 is 10.1 Å². The molecular weight excluding hydrogens is 370 g/mol. The number of ether oxygens (including phenoxy) is 1. The number of halogens is 4. The van der Waals surface area contributed by atoms with Gasteiger partial charge in [-0.15, -0.1) is 8.78 Å². The van der Waals surface area contributed by atoms with E-state index in [0.29, 0.717) is 15.7 Å². The maximum Gasteiger partial charge on any atom is 0.487 e. The van der Waals surface area contributed by atoms with Gasteiger partial charge in [0.25, 0.3) is 5.91 Å². The largest absolute Gasteiger partial charge is 0.487 e. The normalized spacial score (nSPS) is 11.0. The molecule has 0 saturated carbocycles. The second kappa shape index (κ2) is 6.36. The molecule has 2 rings (SSSR count). The summed E-state index contributed by atoms with van der Waals surface area (Å²) in [5, 5.41) is 2.60. The van der Waals surface area contributed by atoms with Crippen LogP contribution in [0.1, 0.15) is 10.4 Å². The van der Waals surface area contributed by atoms with Gasteiger partial charge in [-0.05, 0) is 46.3 Å². The van der Waals surface area contributed by atoms with Crippen molar-refractivity contribution in [3.8, 4) is 5.75 Å². The van der Waals surface area contributed by atoms with Gasteiger partial charge < -0.3 is 10.1 Å². The van der Waals surface area contributed by atoms with Crippen molar-refractivity contribution in [2.75, 3.05) is 5.32 Å². The third-order valence-corrected chi connectivity index (χ3v) is 2.82. The van der Waals surface area contributed by atoms with Crippen LogP contribution in [0.2, 0.25) is 0 Å². The van der Waals surface area contributed by atoms with Crippen LogP contribution in [-0.2, 0) is 0 Å². The summed E-state index contributed by atoms with van der Waals surface area (Å²) in [5.74, 6) is -0.489. The molecule has 0 radical (unpaired) electrons. The quantitative estimate of drug-likeness (QED) is 0.810. The first kappa shape index (κ1) is 15.7. The molecule has 0 aliphatic heterocycles. The lowest BCUT2D eigenvalue weighted by Crippen LogP contribution is -2.15. The van der Waals surface area contributed by atoms with Gasteiger partial charge in [-0.2, -0.15) is 0 Å². The Morgan fingerprint density at radius 3 is 2.52 bits per heavy atom. The van der Waals surface area contributed by atoms with Crippen LogP contribution in [0.3, 0.4) is 0 Å². The van der Waals surface area contributed by atoms with Crippen molar-refractivity contribution in [2.45, 2.75) is 5.57 Å². The predicted octanol–water partition coefficient (Wildman–Crippen LogP) is 4.26. The summed E-state index contributed by atoms with van der Waals surface area (Å²) in [7, 11) is 0. The van der Waals surface area contributed by atoms with Gasteiger partial charge in [0, 0.05) is 34.2 Å². The number of pyridine rings is 1. The summed E-state index contributed by atoms with van der Waals surface area (Å²) in [6.45, 7) is 0. The van der Waals surface area contributed by atoms with E-state index < -0.39 is 5.57 Å². The van der Waals surface area contributed by atoms with Crippen LogP contribution in [0, 0.1) is 0 Å². The standard InChI is InChI=1S/C13H8BrClF2N2O2/c14-9-5-8(6-18-7-9)12(20)19-10-1-3-11(4-2-10)21-13(15,16)17/h1-7H,(H,19,20). The highest BCUT2D eigenvalue weighted by molar-refractivity contribution is 9.10. The molecule has 1 N–H and O–H groups in total. The summed E-state index contributed by atoms with van der Waals surface area (Å²) in [5.41, 5.74) is -2.99. The minimum Gasteiger partial charge on any atom is -0.420 e. The predicted molar refractivity (Wildman–Crippen MR) is 77.8 cm³/mol. The Bertz CT molecular complexity index is 647. The average molecular weight is 378 g/mol. The Morgan fingerprint density at radius 2 is 1.95 bits per heavy atom. The average Bonchev–Trinajstić information content (AvgIpc) is 2.39. The molecule has 0 unspecified atom stereocenters. The van der Waals surface area contributed by atoms with Crippen LogP contribution in [-0.4, -0.2) is 16.5 Å². The van der Waals surface area contributed by atoms with Crippen molar-refractivity contribution in [1.82, 2.24) is 4.98 Å². The van der Waals surface area contributed by atoms with Crippen molar-refractivity contribution in [1.29, 1.82) is 0 Å². The van der Waals surface area contributed by atoms with E-state index in [9.17, 15) is 13.6 Å². The molecule has 1 amide bonds. The van der Waals surface area contributed by atoms with Crippen molar-refractivity contribution in [3.05, 3.63) is 52.8 Å². The van der Waals surface area contributed by atoms with E-state index in [0.717, 1.165) is 0 Å². The number of benzene rings is 1. The first-order valence-electron chi connectivity index (χ1n) is 5.61. The zero-order valence-corrected chi connectivity index (χ0v) is 12.7. The van der Waals surface area contributed by atoms with Crippen molar-refractivity contribution >= 4 is 39.1 Å². The number of nitrogens with zero attached hydrogens (tertiary/aromatic N) is 1. The molecule has 0 aliphatic carbocycles. The topological polar surface area (TPSA) is 51.2 Å². The molecule has 0 spiro atoms. The van der Waals surface area contributed by atoms with E-state index in [-0.39, 0.29) is 11.7 Å². The number of anilines is 1. The summed E-state index contributed by atoms with van der Waals surface area (Å²) >= 11 is 7.86. The number of alkyl halides is 3. The Balaban J connectivity index is 2.05. The fourth-order valence-corrected chi connectivity index (χ4v) is 1.93. The number of carbonyl (C=O) groups excluding carboxylic acids is 1. The van der Waals surface area contributed by atoms with Crippen molar-refractivity contribution in [3.63, 3.8) is 0 Å². The second-order valence-corrected chi connectivity index (χ2v) is 5.27. The molecule has 0 aliphatic rings. The summed E-state index contributed by atoms with van der Waals surface area (Å²) in [6.07, 6.45) is 2.96. The molecule has 4 nitrogen and oxygen atoms in total. The molecule has 2 aromatic rings. The SMILES string of the molecule is O=C(Nc1ccc(OC(F)(F)Cl)cc1)c1cncc(Br)c1. The highest BCUT2D eigenvalue weighted by atomic mass is 79.9. The molecule has 0 bridgehead atoms. The Hall–Kier alpha value is -1.73. The van der Waals surface area contributed by atoms with Crippen LogP contribution >= 0.6 is 27.5 Å². The van der Waals surface area contributed by atoms with Gasteiger partial charge in [-0.25, -0.2) is 0 Å². The van der Waals surface area contributed by atoms with Crippen LogP contribution in [0.25, 0.3) is 0 Å². The first-order valence-corrected chi connectivity index (χ1v) is 6.78. The molecule has 0 fully saturated rings. The molecule has 8 heteroatoms. The lowest BCUT2D eigenvalue weighted by atomic mass is 10.2. The third-order valence-electron chi connectivity index (χ3n) is 2.31. The van der Waals surface area contributed by atoms with E-state index in [4.69, 9.17) is 0 Å². The number of nitrogens with one attached hydrogen (secondary N) is 1. The fourth-order valence-electron chi connectivity index (χ4n) is 1.48. The molecule has 21 heavy (non-hydrogen) atoms. The molecule has 1 aromatic carbocycles. The minimum absolute atomic E-state index is 0.114. The van der Waals surface area contributed by atoms with Crippen LogP contribution in [0.4, 0.5) is 14.5 Å². The van der Waals surface area contributed by atoms with E-state index in [1.165, 1.54) is 30.5 Å². The van der Waals surface area contributed by atoms with Gasteiger partial charge in [0.2, 0.25) is 0 Å². The van der Waals surface area contributed by atoms with Gasteiger partial charge in [0.1, 0.15) is 5.75 Å². The summed E-state index contributed by atoms with van der Waals surface area (Å²) in [6, 6.07) is 6.98. The molecule has 1 heterocycles. The smallest absolute Gasteiger partial charge is 0.420 e. The van der Waals surface area contributed by atoms with Crippen molar-refractivity contribution in [2.24, 2.45) is 0 Å². The molecule has 110 valence electrons. The van der Waals surface area contributed by atoms with Gasteiger partial charge >= 0.3 is 5.57 Å². The van der Waals surface area contributed by atoms with Crippen LogP contribution in [0.15, 0.2) is 47.2 Å². The third kappa shape index (κ3) is 4.95. The van der Waals surface area contributed by atoms with Gasteiger partial charge in [-0.3, -0.25) is 9.78 Å². The molecule has 1 aromatic heterocycles. The number of hydrogen-bond donors (Lipinski definition) is 1. The minimum atomic E-state index is -3.77. The number of amides is 1. The molecule has 0 saturated heterocycles. The van der Waals surface area contributed by atoms with Crippen LogP contribution in [0.5, 0.6) is 5.75 Å². The van der Waals surface area contributed by atoms with Gasteiger partial charge in [0.05, 0.1) is 5.56 Å². The van der Waals surface area contributed by atoms with E-state index in [1.54, 1.807) is 12.3 Å². The highest BCUT2D eigenvalue weighted by Gasteiger charge is 2.27. The Morgan fingerprint density at radius 1 is 1.29 bits per heavy atom. The fraction of sp³-hybridized carbons (Fsp3) is 0.0769. The molecule has 0 atom stereocenters. The zero-order valence-electron chi connectivity index (χ0n) is 10.3. The highest BCUT2D eigenvalue weighted by Crippen LogP contribution is 2.26. The second-order valence-electron chi connectivity index (χ2n) is 3.92. The number of hydrogen-bond acceptors (Lipinski definition) is 3. The summed E-state index contributed by atoms with van der Waals surface area (Å²) in [4.78, 5) is 15.8. The van der Waals surface area contributed by atoms with Gasteiger partial charge in [-0.1, -0.05) is 0 Å². The lowest BCUT2D eigenvalue weighted by molar-refractivity contribution is -0.0964. The van der Waals surface area contributed by atoms with E-state index in [1.807, 2.05) is 0 Å². The monoisotopic (exact) mass is 376 g/mol. The number of rotatable bonds is 4. The number of carbonyl (C=O) groups is 1. The maximum atomic E-state index is 12.4.